The minimum absolute atomic E-state index is 0.0454. The van der Waals surface area contributed by atoms with Crippen LogP contribution in [0, 0.1) is 0 Å². The second-order valence-corrected chi connectivity index (χ2v) is 8.65. The van der Waals surface area contributed by atoms with Crippen LogP contribution >= 0.6 is 11.8 Å². The van der Waals surface area contributed by atoms with Crippen molar-refractivity contribution in [2.24, 2.45) is 0 Å². The highest BCUT2D eigenvalue weighted by Gasteiger charge is 2.24. The van der Waals surface area contributed by atoms with Gasteiger partial charge in [0.1, 0.15) is 0 Å². The highest BCUT2D eigenvalue weighted by molar-refractivity contribution is 8.00. The van der Waals surface area contributed by atoms with E-state index in [4.69, 9.17) is 4.74 Å². The summed E-state index contributed by atoms with van der Waals surface area (Å²) in [6.45, 7) is 6.38. The van der Waals surface area contributed by atoms with Gasteiger partial charge in [-0.05, 0) is 45.7 Å². The third-order valence-corrected chi connectivity index (χ3v) is 5.63. The molecule has 1 aromatic heterocycles. The quantitative estimate of drug-likeness (QED) is 0.551. The maximum absolute atomic E-state index is 13.1. The number of hydrogen-bond acceptors (Lipinski definition) is 6. The van der Waals surface area contributed by atoms with Crippen LogP contribution in [0.15, 0.2) is 34.2 Å². The van der Waals surface area contributed by atoms with Crippen LogP contribution in [0.3, 0.4) is 0 Å². The molecule has 2 heterocycles. The predicted octanol–water partition coefficient (Wildman–Crippen LogP) is 2.29. The number of thioether (sulfide) groups is 1. The van der Waals surface area contributed by atoms with Crippen molar-refractivity contribution >= 4 is 34.6 Å². The Morgan fingerprint density at radius 2 is 2.07 bits per heavy atom. The van der Waals surface area contributed by atoms with Crippen LogP contribution in [-0.4, -0.2) is 45.5 Å². The van der Waals surface area contributed by atoms with Gasteiger partial charge in [0.05, 0.1) is 28.8 Å². The minimum atomic E-state index is -0.614. The average molecular weight is 419 g/mol. The van der Waals surface area contributed by atoms with Crippen molar-refractivity contribution in [2.45, 2.75) is 62.7 Å². The number of aromatic nitrogens is 2. The number of nitrogens with one attached hydrogen (secondary N) is 2. The van der Waals surface area contributed by atoms with Gasteiger partial charge in [-0.25, -0.2) is 9.78 Å². The zero-order valence-corrected chi connectivity index (χ0v) is 17.6. The van der Waals surface area contributed by atoms with Crippen LogP contribution in [-0.2, 0) is 16.1 Å². The van der Waals surface area contributed by atoms with Gasteiger partial charge in [-0.1, -0.05) is 23.9 Å². The second kappa shape index (κ2) is 9.41. The molecule has 1 saturated heterocycles. The van der Waals surface area contributed by atoms with Crippen molar-refractivity contribution in [3.63, 3.8) is 0 Å². The molecular weight excluding hydrogens is 392 g/mol. The lowest BCUT2D eigenvalue weighted by atomic mass is 10.2. The summed E-state index contributed by atoms with van der Waals surface area (Å²) in [5.41, 5.74) is 0.424. The molecule has 0 unspecified atom stereocenters. The summed E-state index contributed by atoms with van der Waals surface area (Å²) in [7, 11) is 0. The van der Waals surface area contributed by atoms with Crippen LogP contribution in [0.5, 0.6) is 0 Å². The van der Waals surface area contributed by atoms with E-state index in [-0.39, 0.29) is 17.7 Å². The van der Waals surface area contributed by atoms with E-state index in [1.165, 1.54) is 0 Å². The summed E-state index contributed by atoms with van der Waals surface area (Å²) in [6.07, 6.45) is 1.80. The number of amides is 3. The lowest BCUT2D eigenvalue weighted by Gasteiger charge is -2.18. The summed E-state index contributed by atoms with van der Waals surface area (Å²) < 4.78 is 7.28. The highest BCUT2D eigenvalue weighted by Crippen LogP contribution is 2.24. The molecule has 1 fully saturated rings. The Hall–Kier alpha value is -2.39. The number of fused-ring (bicyclic) bond motifs is 1. The molecule has 156 valence electrons. The molecule has 0 aliphatic carbocycles. The number of para-hydroxylation sites is 1. The van der Waals surface area contributed by atoms with Crippen molar-refractivity contribution in [1.29, 1.82) is 0 Å². The van der Waals surface area contributed by atoms with Gasteiger partial charge in [0.2, 0.25) is 5.91 Å². The van der Waals surface area contributed by atoms with E-state index >= 15 is 0 Å². The number of benzene rings is 1. The number of urea groups is 1. The number of rotatable bonds is 6. The number of ether oxygens (including phenoxy) is 1. The molecule has 0 bridgehead atoms. The molecule has 0 saturated carbocycles. The molecule has 1 aromatic carbocycles. The van der Waals surface area contributed by atoms with Gasteiger partial charge in [0, 0.05) is 12.6 Å². The van der Waals surface area contributed by atoms with Gasteiger partial charge in [0.15, 0.2) is 5.16 Å². The normalized spacial score (nSPS) is 17.4. The molecule has 29 heavy (non-hydrogen) atoms. The Morgan fingerprint density at radius 1 is 1.31 bits per heavy atom. The molecular formula is C20H26N4O4S. The van der Waals surface area contributed by atoms with E-state index in [0.717, 1.165) is 24.6 Å². The maximum Gasteiger partial charge on any atom is 0.321 e. The fourth-order valence-corrected chi connectivity index (χ4v) is 4.03. The average Bonchev–Trinajstić information content (AvgIpc) is 3.17. The van der Waals surface area contributed by atoms with Crippen LogP contribution in [0.1, 0.15) is 33.6 Å². The van der Waals surface area contributed by atoms with Crippen LogP contribution in [0.2, 0.25) is 0 Å². The fraction of sp³-hybridized carbons (Fsp3) is 0.500. The van der Waals surface area contributed by atoms with Gasteiger partial charge < -0.3 is 10.1 Å². The van der Waals surface area contributed by atoms with Gasteiger partial charge in [-0.3, -0.25) is 19.5 Å². The standard InChI is InChI=1S/C20H26N4O4S/c1-12(2)21-19(27)23-17(25)13(3)29-20-22-16-9-5-4-8-15(16)18(26)24(20)11-14-7-6-10-28-14/h4-5,8-9,12-14H,6-7,10-11H2,1-3H3,(H2,21,23,25,27)/t13-,14+/m0/s1. The molecule has 3 rings (SSSR count). The molecule has 1 aliphatic rings. The van der Waals surface area contributed by atoms with E-state index < -0.39 is 17.2 Å². The van der Waals surface area contributed by atoms with Gasteiger partial charge in [0.25, 0.3) is 5.56 Å². The smallest absolute Gasteiger partial charge is 0.321 e. The van der Waals surface area contributed by atoms with E-state index in [9.17, 15) is 14.4 Å². The first-order chi connectivity index (χ1) is 13.8. The van der Waals surface area contributed by atoms with Gasteiger partial charge in [-0.15, -0.1) is 0 Å². The predicted molar refractivity (Wildman–Crippen MR) is 112 cm³/mol. The molecule has 8 nitrogen and oxygen atoms in total. The topological polar surface area (TPSA) is 102 Å². The zero-order chi connectivity index (χ0) is 21.0. The van der Waals surface area contributed by atoms with E-state index in [0.29, 0.717) is 29.2 Å². The van der Waals surface area contributed by atoms with E-state index in [2.05, 4.69) is 15.6 Å². The number of imide groups is 1. The molecule has 2 atom stereocenters. The molecule has 2 aromatic rings. The fourth-order valence-electron chi connectivity index (χ4n) is 3.11. The first-order valence-electron chi connectivity index (χ1n) is 9.74. The van der Waals surface area contributed by atoms with Crippen molar-refractivity contribution in [3.8, 4) is 0 Å². The minimum Gasteiger partial charge on any atom is -0.376 e. The first kappa shape index (κ1) is 21.3. The van der Waals surface area contributed by atoms with Crippen LogP contribution in [0.4, 0.5) is 4.79 Å². The maximum atomic E-state index is 13.1. The van der Waals surface area contributed by atoms with Crippen molar-refractivity contribution in [3.05, 3.63) is 34.6 Å². The van der Waals surface area contributed by atoms with Crippen molar-refractivity contribution in [1.82, 2.24) is 20.2 Å². The van der Waals surface area contributed by atoms with Crippen molar-refractivity contribution < 1.29 is 14.3 Å². The number of carbonyl (C=O) groups excluding carboxylic acids is 2. The van der Waals surface area contributed by atoms with E-state index in [1.807, 2.05) is 19.9 Å². The van der Waals surface area contributed by atoms with Crippen LogP contribution < -0.4 is 16.2 Å². The lowest BCUT2D eigenvalue weighted by molar-refractivity contribution is -0.119. The Kier molecular flexibility index (Phi) is 6.92. The monoisotopic (exact) mass is 418 g/mol. The van der Waals surface area contributed by atoms with E-state index in [1.54, 1.807) is 29.7 Å². The first-order valence-corrected chi connectivity index (χ1v) is 10.6. The molecule has 0 spiro atoms. The number of carbonyl (C=O) groups is 2. The third kappa shape index (κ3) is 5.36. The number of hydrogen-bond donors (Lipinski definition) is 2. The van der Waals surface area contributed by atoms with Crippen LogP contribution in [0.25, 0.3) is 10.9 Å². The second-order valence-electron chi connectivity index (χ2n) is 7.34. The molecule has 2 N–H and O–H groups in total. The zero-order valence-electron chi connectivity index (χ0n) is 16.8. The van der Waals surface area contributed by atoms with Gasteiger partial charge >= 0.3 is 6.03 Å². The summed E-state index contributed by atoms with van der Waals surface area (Å²) in [5, 5.41) is 5.30. The molecule has 1 aliphatic heterocycles. The Labute approximate surface area is 173 Å². The molecule has 0 radical (unpaired) electrons. The Balaban J connectivity index is 1.85. The summed E-state index contributed by atoms with van der Waals surface area (Å²) in [4.78, 5) is 41.9. The van der Waals surface area contributed by atoms with Gasteiger partial charge in [-0.2, -0.15) is 0 Å². The third-order valence-electron chi connectivity index (χ3n) is 4.54. The summed E-state index contributed by atoms with van der Waals surface area (Å²) in [5.74, 6) is -0.445. The summed E-state index contributed by atoms with van der Waals surface area (Å²) in [6, 6.07) is 6.53. The Bertz CT molecular complexity index is 953. The molecule has 3 amide bonds. The van der Waals surface area contributed by atoms with Crippen molar-refractivity contribution in [2.75, 3.05) is 6.61 Å². The largest absolute Gasteiger partial charge is 0.376 e. The highest BCUT2D eigenvalue weighted by atomic mass is 32.2. The summed E-state index contributed by atoms with van der Waals surface area (Å²) >= 11 is 1.16. The lowest BCUT2D eigenvalue weighted by Crippen LogP contribution is -2.45. The molecule has 9 heteroatoms. The SMILES string of the molecule is CC(C)NC(=O)NC(=O)[C@H](C)Sc1nc2ccccc2c(=O)n1C[C@H]1CCCO1. The number of nitrogens with zero attached hydrogens (tertiary/aromatic N) is 2. The Morgan fingerprint density at radius 3 is 2.76 bits per heavy atom.